The van der Waals surface area contributed by atoms with E-state index in [2.05, 4.69) is 25.2 Å². The molecule has 2 heterocycles. The summed E-state index contributed by atoms with van der Waals surface area (Å²) in [6.07, 6.45) is 3.58. The molecular formula is C20H19N5OS. The van der Waals surface area contributed by atoms with E-state index in [4.69, 9.17) is 0 Å². The lowest BCUT2D eigenvalue weighted by Crippen LogP contribution is -2.18. The van der Waals surface area contributed by atoms with E-state index >= 15 is 0 Å². The van der Waals surface area contributed by atoms with Gasteiger partial charge in [-0.05, 0) is 42.9 Å². The monoisotopic (exact) mass is 377 g/mol. The van der Waals surface area contributed by atoms with Crippen molar-refractivity contribution in [2.24, 2.45) is 0 Å². The third kappa shape index (κ3) is 4.21. The highest BCUT2D eigenvalue weighted by Crippen LogP contribution is 2.22. The predicted octanol–water partition coefficient (Wildman–Crippen LogP) is 3.90. The second kappa shape index (κ2) is 7.69. The smallest absolute Gasteiger partial charge is 0.255 e. The second-order valence-corrected chi connectivity index (χ2v) is 7.28. The average molecular weight is 377 g/mol. The normalized spacial score (nSPS) is 11.2. The molecule has 0 radical (unpaired) electrons. The first-order valence-electron chi connectivity index (χ1n) is 8.58. The van der Waals surface area contributed by atoms with E-state index in [0.717, 1.165) is 40.4 Å². The van der Waals surface area contributed by atoms with Crippen molar-refractivity contribution >= 4 is 33.1 Å². The van der Waals surface area contributed by atoms with Gasteiger partial charge in [-0.2, -0.15) is 0 Å². The van der Waals surface area contributed by atoms with Crippen molar-refractivity contribution in [2.75, 3.05) is 12.4 Å². The highest BCUT2D eigenvalue weighted by molar-refractivity contribution is 7.16. The number of carbonyl (C=O) groups excluding carboxylic acids is 1. The zero-order valence-corrected chi connectivity index (χ0v) is 15.7. The van der Waals surface area contributed by atoms with Crippen molar-refractivity contribution < 1.29 is 4.79 Å². The van der Waals surface area contributed by atoms with E-state index in [-0.39, 0.29) is 5.91 Å². The van der Waals surface area contributed by atoms with Crippen LogP contribution < -0.4 is 5.32 Å². The molecule has 2 aromatic heterocycles. The van der Waals surface area contributed by atoms with E-state index in [1.807, 2.05) is 55.7 Å². The van der Waals surface area contributed by atoms with Crippen molar-refractivity contribution in [1.82, 2.24) is 19.9 Å². The Balaban J connectivity index is 1.38. The van der Waals surface area contributed by atoms with Crippen LogP contribution in [-0.2, 0) is 13.1 Å². The molecule has 0 aliphatic rings. The minimum absolute atomic E-state index is 0.116. The minimum Gasteiger partial charge on any atom is -0.348 e. The van der Waals surface area contributed by atoms with Gasteiger partial charge in [0.25, 0.3) is 5.91 Å². The molecule has 27 heavy (non-hydrogen) atoms. The molecule has 0 aliphatic carbocycles. The summed E-state index contributed by atoms with van der Waals surface area (Å²) in [7, 11) is 2.04. The van der Waals surface area contributed by atoms with Crippen LogP contribution >= 0.6 is 11.3 Å². The van der Waals surface area contributed by atoms with Gasteiger partial charge < -0.3 is 10.3 Å². The van der Waals surface area contributed by atoms with Crippen LogP contribution in [0.3, 0.4) is 0 Å². The fraction of sp³-hybridized carbons (Fsp3) is 0.150. The molecule has 7 heteroatoms. The molecule has 0 saturated carbocycles. The van der Waals surface area contributed by atoms with E-state index in [1.165, 1.54) is 0 Å². The van der Waals surface area contributed by atoms with Crippen LogP contribution in [0.5, 0.6) is 0 Å². The SMILES string of the molecule is CN(Cc1ccc(C(=O)Nc2ccc3ncsc3c2)cc1)Cc1ncc[nH]1. The number of rotatable bonds is 6. The van der Waals surface area contributed by atoms with Crippen molar-refractivity contribution in [3.63, 3.8) is 0 Å². The number of hydrogen-bond acceptors (Lipinski definition) is 5. The maximum atomic E-state index is 12.5. The first-order chi connectivity index (χ1) is 13.2. The third-order valence-corrected chi connectivity index (χ3v) is 5.02. The van der Waals surface area contributed by atoms with Crippen LogP contribution in [0, 0.1) is 0 Å². The number of carbonyl (C=O) groups is 1. The van der Waals surface area contributed by atoms with E-state index in [9.17, 15) is 4.79 Å². The zero-order chi connectivity index (χ0) is 18.6. The fourth-order valence-corrected chi connectivity index (χ4v) is 3.62. The summed E-state index contributed by atoms with van der Waals surface area (Å²) < 4.78 is 1.06. The van der Waals surface area contributed by atoms with Crippen molar-refractivity contribution in [3.05, 3.63) is 77.3 Å². The Bertz CT molecular complexity index is 1040. The van der Waals surface area contributed by atoms with Gasteiger partial charge in [0.05, 0.1) is 22.3 Å². The first-order valence-corrected chi connectivity index (χ1v) is 9.46. The van der Waals surface area contributed by atoms with Gasteiger partial charge in [0.2, 0.25) is 0 Å². The second-order valence-electron chi connectivity index (χ2n) is 6.39. The molecule has 4 aromatic rings. The molecule has 136 valence electrons. The largest absolute Gasteiger partial charge is 0.348 e. The van der Waals surface area contributed by atoms with Gasteiger partial charge in [0.1, 0.15) is 5.82 Å². The highest BCUT2D eigenvalue weighted by atomic mass is 32.1. The summed E-state index contributed by atoms with van der Waals surface area (Å²) in [4.78, 5) is 26.2. The number of nitrogens with zero attached hydrogens (tertiary/aromatic N) is 3. The van der Waals surface area contributed by atoms with Gasteiger partial charge in [0, 0.05) is 30.2 Å². The Hall–Kier alpha value is -3.03. The van der Waals surface area contributed by atoms with Crippen molar-refractivity contribution in [1.29, 1.82) is 0 Å². The van der Waals surface area contributed by atoms with E-state index < -0.39 is 0 Å². The topological polar surface area (TPSA) is 73.9 Å². The Morgan fingerprint density at radius 1 is 1.15 bits per heavy atom. The van der Waals surface area contributed by atoms with E-state index in [1.54, 1.807) is 23.0 Å². The van der Waals surface area contributed by atoms with Gasteiger partial charge in [-0.15, -0.1) is 11.3 Å². The molecule has 0 spiro atoms. The quantitative estimate of drug-likeness (QED) is 0.534. The Kier molecular flexibility index (Phi) is 4.95. The van der Waals surface area contributed by atoms with Crippen LogP contribution in [-0.4, -0.2) is 32.8 Å². The number of fused-ring (bicyclic) bond motifs is 1. The van der Waals surface area contributed by atoms with Gasteiger partial charge >= 0.3 is 0 Å². The van der Waals surface area contributed by atoms with Crippen LogP contribution in [0.2, 0.25) is 0 Å². The number of H-pyrrole nitrogens is 1. The molecule has 1 amide bonds. The average Bonchev–Trinajstić information content (AvgIpc) is 3.33. The number of aromatic amines is 1. The molecule has 4 rings (SSSR count). The lowest BCUT2D eigenvalue weighted by atomic mass is 10.1. The van der Waals surface area contributed by atoms with Crippen LogP contribution in [0.4, 0.5) is 5.69 Å². The molecule has 2 aromatic carbocycles. The number of aromatic nitrogens is 3. The minimum atomic E-state index is -0.116. The Morgan fingerprint density at radius 2 is 2.00 bits per heavy atom. The summed E-state index contributed by atoms with van der Waals surface area (Å²) >= 11 is 1.56. The number of benzene rings is 2. The van der Waals surface area contributed by atoms with Gasteiger partial charge in [-0.1, -0.05) is 12.1 Å². The molecule has 0 saturated heterocycles. The zero-order valence-electron chi connectivity index (χ0n) is 14.8. The number of anilines is 1. The molecule has 0 atom stereocenters. The third-order valence-electron chi connectivity index (χ3n) is 4.23. The summed E-state index contributed by atoms with van der Waals surface area (Å²) in [5, 5.41) is 2.95. The lowest BCUT2D eigenvalue weighted by molar-refractivity contribution is 0.102. The predicted molar refractivity (Wildman–Crippen MR) is 108 cm³/mol. The van der Waals surface area contributed by atoms with Crippen molar-refractivity contribution in [3.8, 4) is 0 Å². The van der Waals surface area contributed by atoms with Gasteiger partial charge in [-0.25, -0.2) is 9.97 Å². The van der Waals surface area contributed by atoms with Crippen LogP contribution in [0.15, 0.2) is 60.4 Å². The first kappa shape index (κ1) is 17.4. The maximum Gasteiger partial charge on any atom is 0.255 e. The summed E-state index contributed by atoms with van der Waals surface area (Å²) in [5.74, 6) is 0.820. The summed E-state index contributed by atoms with van der Waals surface area (Å²) in [6, 6.07) is 13.4. The van der Waals surface area contributed by atoms with Gasteiger partial charge in [0.15, 0.2) is 0 Å². The molecule has 6 nitrogen and oxygen atoms in total. The molecular weight excluding hydrogens is 358 g/mol. The number of imidazole rings is 1. The van der Waals surface area contributed by atoms with E-state index in [0.29, 0.717) is 5.56 Å². The number of amides is 1. The molecule has 0 bridgehead atoms. The highest BCUT2D eigenvalue weighted by Gasteiger charge is 2.08. The Morgan fingerprint density at radius 3 is 2.78 bits per heavy atom. The van der Waals surface area contributed by atoms with Crippen LogP contribution in [0.1, 0.15) is 21.7 Å². The number of nitrogens with one attached hydrogen (secondary N) is 2. The molecule has 0 aliphatic heterocycles. The fourth-order valence-electron chi connectivity index (χ4n) is 2.91. The maximum absolute atomic E-state index is 12.5. The Labute approximate surface area is 160 Å². The van der Waals surface area contributed by atoms with Crippen LogP contribution in [0.25, 0.3) is 10.2 Å². The van der Waals surface area contributed by atoms with Gasteiger partial charge in [-0.3, -0.25) is 9.69 Å². The number of hydrogen-bond donors (Lipinski definition) is 2. The summed E-state index contributed by atoms with van der Waals surface area (Å²) in [5.41, 5.74) is 5.31. The standard InChI is InChI=1S/C20H19N5OS/c1-25(12-19-21-8-9-22-19)11-14-2-4-15(5-3-14)20(26)24-16-6-7-17-18(10-16)27-13-23-17/h2-10,13H,11-12H2,1H3,(H,21,22)(H,24,26). The molecule has 0 fully saturated rings. The molecule has 0 unspecified atom stereocenters. The summed E-state index contributed by atoms with van der Waals surface area (Å²) in [6.45, 7) is 1.53. The molecule has 2 N–H and O–H groups in total. The lowest BCUT2D eigenvalue weighted by Gasteiger charge is -2.15. The number of thiazole rings is 1. The van der Waals surface area contributed by atoms with Crippen molar-refractivity contribution in [2.45, 2.75) is 13.1 Å².